The number of rotatable bonds is 5. The van der Waals surface area contributed by atoms with Gasteiger partial charge in [0.05, 0.1) is 12.8 Å². The van der Waals surface area contributed by atoms with Crippen LogP contribution in [0.25, 0.3) is 0 Å². The lowest BCUT2D eigenvalue weighted by molar-refractivity contribution is -0.142. The van der Waals surface area contributed by atoms with Crippen LogP contribution in [-0.4, -0.2) is 60.7 Å². The zero-order chi connectivity index (χ0) is 19.6. The number of amides is 3. The maximum Gasteiger partial charge on any atom is 0.231 e. The molecule has 0 saturated carbocycles. The summed E-state index contributed by atoms with van der Waals surface area (Å²) in [7, 11) is 1.78. The van der Waals surface area contributed by atoms with E-state index in [1.165, 1.54) is 0 Å². The van der Waals surface area contributed by atoms with Gasteiger partial charge in [0.25, 0.3) is 0 Å². The molecule has 1 aromatic rings. The largest absolute Gasteiger partial charge is 0.339 e. The van der Waals surface area contributed by atoms with Crippen molar-refractivity contribution in [1.29, 1.82) is 0 Å². The lowest BCUT2D eigenvalue weighted by Gasteiger charge is -2.36. The fourth-order valence-corrected chi connectivity index (χ4v) is 3.99. The molecule has 146 valence electrons. The molecule has 0 aliphatic carbocycles. The molecule has 0 N–H and O–H groups in total. The SMILES string of the molecule is CCC(CC)C(=O)N1CCN(C(=O)Cc2ccc3c(c2)CC(=O)N3C)CC1. The Balaban J connectivity index is 1.55. The Kier molecular flexibility index (Phi) is 5.82. The summed E-state index contributed by atoms with van der Waals surface area (Å²) in [6, 6.07) is 5.83. The van der Waals surface area contributed by atoms with E-state index in [1.807, 2.05) is 41.8 Å². The third-order valence-electron chi connectivity index (χ3n) is 5.86. The highest BCUT2D eigenvalue weighted by atomic mass is 16.2. The van der Waals surface area contributed by atoms with E-state index in [0.717, 1.165) is 29.7 Å². The molecule has 6 nitrogen and oxygen atoms in total. The van der Waals surface area contributed by atoms with E-state index in [0.29, 0.717) is 39.0 Å². The molecular formula is C21H29N3O3. The highest BCUT2D eigenvalue weighted by Crippen LogP contribution is 2.28. The second kappa shape index (κ2) is 8.11. The van der Waals surface area contributed by atoms with Crippen LogP contribution in [0.2, 0.25) is 0 Å². The summed E-state index contributed by atoms with van der Waals surface area (Å²) in [6.45, 7) is 6.52. The summed E-state index contributed by atoms with van der Waals surface area (Å²) in [5.74, 6) is 0.494. The zero-order valence-electron chi connectivity index (χ0n) is 16.5. The van der Waals surface area contributed by atoms with Crippen molar-refractivity contribution in [2.24, 2.45) is 5.92 Å². The highest BCUT2D eigenvalue weighted by molar-refractivity contribution is 6.01. The smallest absolute Gasteiger partial charge is 0.231 e. The fourth-order valence-electron chi connectivity index (χ4n) is 3.99. The van der Waals surface area contributed by atoms with E-state index in [9.17, 15) is 14.4 Å². The lowest BCUT2D eigenvalue weighted by Crippen LogP contribution is -2.52. The molecule has 3 amide bonds. The van der Waals surface area contributed by atoms with E-state index in [-0.39, 0.29) is 23.6 Å². The Morgan fingerprint density at radius 1 is 1.04 bits per heavy atom. The van der Waals surface area contributed by atoms with E-state index in [4.69, 9.17) is 0 Å². The van der Waals surface area contributed by atoms with Crippen LogP contribution < -0.4 is 4.90 Å². The summed E-state index contributed by atoms with van der Waals surface area (Å²) in [6.07, 6.45) is 2.48. The van der Waals surface area contributed by atoms with Gasteiger partial charge >= 0.3 is 0 Å². The molecule has 0 aromatic heterocycles. The number of hydrogen-bond acceptors (Lipinski definition) is 3. The summed E-state index contributed by atoms with van der Waals surface area (Å²) < 4.78 is 0. The van der Waals surface area contributed by atoms with E-state index >= 15 is 0 Å². The van der Waals surface area contributed by atoms with Gasteiger partial charge in [-0.15, -0.1) is 0 Å². The molecule has 0 spiro atoms. The van der Waals surface area contributed by atoms with Crippen LogP contribution in [0.1, 0.15) is 37.8 Å². The molecule has 1 fully saturated rings. The van der Waals surface area contributed by atoms with Crippen LogP contribution in [0.5, 0.6) is 0 Å². The minimum atomic E-state index is 0.0854. The van der Waals surface area contributed by atoms with Crippen LogP contribution in [0.15, 0.2) is 18.2 Å². The molecule has 0 unspecified atom stereocenters. The van der Waals surface area contributed by atoms with Crippen molar-refractivity contribution >= 4 is 23.4 Å². The topological polar surface area (TPSA) is 60.9 Å². The molecule has 1 aromatic carbocycles. The average Bonchev–Trinajstić information content (AvgIpc) is 2.96. The minimum Gasteiger partial charge on any atom is -0.339 e. The predicted octanol–water partition coefficient (Wildman–Crippen LogP) is 1.85. The van der Waals surface area contributed by atoms with E-state index < -0.39 is 0 Å². The molecule has 0 bridgehead atoms. The Labute approximate surface area is 161 Å². The van der Waals surface area contributed by atoms with Gasteiger partial charge in [0.2, 0.25) is 17.7 Å². The van der Waals surface area contributed by atoms with Crippen molar-refractivity contribution in [2.75, 3.05) is 38.1 Å². The molecular weight excluding hydrogens is 342 g/mol. The molecule has 3 rings (SSSR count). The van der Waals surface area contributed by atoms with Crippen molar-refractivity contribution in [1.82, 2.24) is 9.80 Å². The van der Waals surface area contributed by atoms with Gasteiger partial charge in [-0.1, -0.05) is 26.0 Å². The molecule has 2 aliphatic rings. The first-order valence-electron chi connectivity index (χ1n) is 9.89. The van der Waals surface area contributed by atoms with Crippen LogP contribution in [0.4, 0.5) is 5.69 Å². The van der Waals surface area contributed by atoms with Crippen LogP contribution in [0, 0.1) is 5.92 Å². The Morgan fingerprint density at radius 2 is 1.67 bits per heavy atom. The van der Waals surface area contributed by atoms with Gasteiger partial charge in [0.15, 0.2) is 0 Å². The summed E-state index contributed by atoms with van der Waals surface area (Å²) >= 11 is 0. The average molecular weight is 371 g/mol. The predicted molar refractivity (Wildman–Crippen MR) is 104 cm³/mol. The molecule has 0 radical (unpaired) electrons. The monoisotopic (exact) mass is 371 g/mol. The maximum absolute atomic E-state index is 12.7. The molecule has 2 aliphatic heterocycles. The van der Waals surface area contributed by atoms with Gasteiger partial charge in [-0.25, -0.2) is 0 Å². The van der Waals surface area contributed by atoms with Crippen LogP contribution >= 0.6 is 0 Å². The van der Waals surface area contributed by atoms with Gasteiger partial charge in [-0.3, -0.25) is 14.4 Å². The van der Waals surface area contributed by atoms with Gasteiger partial charge < -0.3 is 14.7 Å². The van der Waals surface area contributed by atoms with Crippen LogP contribution in [-0.2, 0) is 27.2 Å². The standard InChI is InChI=1S/C21H29N3O3/c1-4-16(5-2)21(27)24-10-8-23(9-11-24)20(26)13-15-6-7-18-17(12-15)14-19(25)22(18)3/h6-7,12,16H,4-5,8-11,13-14H2,1-3H3. The zero-order valence-corrected chi connectivity index (χ0v) is 16.5. The number of benzene rings is 1. The van der Waals surface area contributed by atoms with Crippen LogP contribution in [0.3, 0.4) is 0 Å². The first-order chi connectivity index (χ1) is 12.9. The number of nitrogens with zero attached hydrogens (tertiary/aromatic N) is 3. The number of fused-ring (bicyclic) bond motifs is 1. The third-order valence-corrected chi connectivity index (χ3v) is 5.86. The number of hydrogen-bond donors (Lipinski definition) is 0. The lowest BCUT2D eigenvalue weighted by atomic mass is 10.0. The normalized spacial score (nSPS) is 16.9. The van der Waals surface area contributed by atoms with Crippen molar-refractivity contribution in [2.45, 2.75) is 39.5 Å². The molecule has 2 heterocycles. The highest BCUT2D eigenvalue weighted by Gasteiger charge is 2.28. The fraction of sp³-hybridized carbons (Fsp3) is 0.571. The molecule has 0 atom stereocenters. The quantitative estimate of drug-likeness (QED) is 0.794. The number of carbonyl (C=O) groups excluding carboxylic acids is 3. The summed E-state index contributed by atoms with van der Waals surface area (Å²) in [4.78, 5) is 42.4. The second-order valence-corrected chi connectivity index (χ2v) is 7.49. The summed E-state index contributed by atoms with van der Waals surface area (Å²) in [5, 5.41) is 0. The number of piperazine rings is 1. The first kappa shape index (κ1) is 19.4. The van der Waals surface area contributed by atoms with Gasteiger partial charge in [0, 0.05) is 44.8 Å². The Bertz CT molecular complexity index is 734. The van der Waals surface area contributed by atoms with Gasteiger partial charge in [-0.2, -0.15) is 0 Å². The van der Waals surface area contributed by atoms with Gasteiger partial charge in [0.1, 0.15) is 0 Å². The Hall–Kier alpha value is -2.37. The first-order valence-corrected chi connectivity index (χ1v) is 9.89. The van der Waals surface area contributed by atoms with Crippen molar-refractivity contribution in [3.8, 4) is 0 Å². The van der Waals surface area contributed by atoms with Crippen molar-refractivity contribution < 1.29 is 14.4 Å². The van der Waals surface area contributed by atoms with E-state index in [1.54, 1.807) is 11.9 Å². The van der Waals surface area contributed by atoms with Crippen molar-refractivity contribution in [3.63, 3.8) is 0 Å². The van der Waals surface area contributed by atoms with Gasteiger partial charge in [-0.05, 0) is 30.0 Å². The molecule has 6 heteroatoms. The number of carbonyl (C=O) groups is 3. The Morgan fingerprint density at radius 3 is 2.30 bits per heavy atom. The summed E-state index contributed by atoms with van der Waals surface area (Å²) in [5.41, 5.74) is 2.87. The van der Waals surface area contributed by atoms with E-state index in [2.05, 4.69) is 0 Å². The maximum atomic E-state index is 12.7. The number of likely N-dealkylation sites (N-methyl/N-ethyl adjacent to an activating group) is 1. The second-order valence-electron chi connectivity index (χ2n) is 7.49. The molecule has 27 heavy (non-hydrogen) atoms. The molecule has 1 saturated heterocycles. The van der Waals surface area contributed by atoms with Crippen molar-refractivity contribution in [3.05, 3.63) is 29.3 Å². The third kappa shape index (κ3) is 3.99. The number of anilines is 1. The minimum absolute atomic E-state index is 0.0854.